The summed E-state index contributed by atoms with van der Waals surface area (Å²) >= 11 is 0. The molecule has 2 heteroatoms. The van der Waals surface area contributed by atoms with Crippen LogP contribution in [0.1, 0.15) is 65.7 Å². The summed E-state index contributed by atoms with van der Waals surface area (Å²) in [6.07, 6.45) is 9.27. The third-order valence-electron chi connectivity index (χ3n) is 4.25. The Labute approximate surface area is 112 Å². The second kappa shape index (κ2) is 6.96. The molecule has 2 nitrogen and oxygen atoms in total. The zero-order chi connectivity index (χ0) is 13.6. The van der Waals surface area contributed by atoms with E-state index in [0.717, 1.165) is 25.7 Å². The zero-order valence-electron chi connectivity index (χ0n) is 12.2. The van der Waals surface area contributed by atoms with Crippen molar-refractivity contribution in [3.05, 3.63) is 12.7 Å². The Morgan fingerprint density at radius 1 is 1.33 bits per heavy atom. The highest BCUT2D eigenvalue weighted by Gasteiger charge is 2.43. The predicted molar refractivity (Wildman–Crippen MR) is 75.3 cm³/mol. The molecule has 0 amide bonds. The monoisotopic (exact) mass is 252 g/mol. The molecule has 0 spiro atoms. The molecule has 0 saturated heterocycles. The molecule has 1 saturated carbocycles. The van der Waals surface area contributed by atoms with Crippen molar-refractivity contribution in [3.8, 4) is 0 Å². The van der Waals surface area contributed by atoms with E-state index in [4.69, 9.17) is 4.74 Å². The van der Waals surface area contributed by atoms with Crippen LogP contribution in [0, 0.1) is 11.8 Å². The number of rotatable bonds is 6. The number of hydrogen-bond donors (Lipinski definition) is 0. The van der Waals surface area contributed by atoms with Gasteiger partial charge in [-0.2, -0.15) is 0 Å². The van der Waals surface area contributed by atoms with Crippen molar-refractivity contribution < 1.29 is 9.53 Å². The van der Waals surface area contributed by atoms with Crippen molar-refractivity contribution in [1.82, 2.24) is 0 Å². The van der Waals surface area contributed by atoms with Crippen LogP contribution in [-0.4, -0.2) is 11.6 Å². The molecule has 1 aliphatic rings. The summed E-state index contributed by atoms with van der Waals surface area (Å²) in [5.74, 6) is 0.783. The van der Waals surface area contributed by atoms with Gasteiger partial charge in [0, 0.05) is 12.0 Å². The van der Waals surface area contributed by atoms with E-state index in [1.165, 1.54) is 25.3 Å². The number of ether oxygens (including phenoxy) is 1. The first kappa shape index (κ1) is 15.3. The van der Waals surface area contributed by atoms with E-state index >= 15 is 0 Å². The van der Waals surface area contributed by atoms with E-state index in [2.05, 4.69) is 27.4 Å². The van der Waals surface area contributed by atoms with E-state index in [9.17, 15) is 4.79 Å². The maximum atomic E-state index is 11.7. The van der Waals surface area contributed by atoms with Gasteiger partial charge in [0.05, 0.1) is 0 Å². The van der Waals surface area contributed by atoms with Crippen molar-refractivity contribution in [2.75, 3.05) is 0 Å². The van der Waals surface area contributed by atoms with E-state index in [0.29, 0.717) is 11.8 Å². The summed E-state index contributed by atoms with van der Waals surface area (Å²) < 4.78 is 5.85. The largest absolute Gasteiger partial charge is 0.456 e. The number of esters is 1. The Kier molecular flexibility index (Phi) is 5.90. The molecule has 0 aliphatic heterocycles. The van der Waals surface area contributed by atoms with Crippen LogP contribution in [0.2, 0.25) is 0 Å². The lowest BCUT2D eigenvalue weighted by Crippen LogP contribution is -2.46. The summed E-state index contributed by atoms with van der Waals surface area (Å²) in [5, 5.41) is 0. The van der Waals surface area contributed by atoms with Gasteiger partial charge in [-0.1, -0.05) is 40.2 Å². The summed E-state index contributed by atoms with van der Waals surface area (Å²) in [6, 6.07) is 0. The molecule has 0 bridgehead atoms. The van der Waals surface area contributed by atoms with Gasteiger partial charge in [-0.25, -0.2) is 4.79 Å². The first-order chi connectivity index (χ1) is 8.55. The second-order valence-corrected chi connectivity index (χ2v) is 5.89. The normalized spacial score (nSPS) is 20.4. The third kappa shape index (κ3) is 3.60. The highest BCUT2D eigenvalue weighted by molar-refractivity contribution is 5.81. The van der Waals surface area contributed by atoms with Crippen LogP contribution < -0.4 is 0 Å². The van der Waals surface area contributed by atoms with Crippen LogP contribution >= 0.6 is 0 Å². The zero-order valence-corrected chi connectivity index (χ0v) is 12.2. The molecule has 0 aromatic rings. The summed E-state index contributed by atoms with van der Waals surface area (Å²) in [6.45, 7) is 10.2. The lowest BCUT2D eigenvalue weighted by atomic mass is 9.69. The molecule has 0 aromatic carbocycles. The van der Waals surface area contributed by atoms with Gasteiger partial charge in [-0.05, 0) is 38.0 Å². The Balaban J connectivity index is 2.92. The third-order valence-corrected chi connectivity index (χ3v) is 4.25. The van der Waals surface area contributed by atoms with E-state index in [1.807, 2.05) is 0 Å². The molecule has 0 radical (unpaired) electrons. The molecule has 0 heterocycles. The minimum atomic E-state index is -0.251. The Morgan fingerprint density at radius 2 is 1.94 bits per heavy atom. The minimum absolute atomic E-state index is 0.228. The number of carbonyl (C=O) groups is 1. The van der Waals surface area contributed by atoms with E-state index < -0.39 is 0 Å². The Hall–Kier alpha value is -0.790. The molecule has 1 atom stereocenters. The van der Waals surface area contributed by atoms with Gasteiger partial charge in [0.15, 0.2) is 0 Å². The molecule has 0 aromatic heterocycles. The van der Waals surface area contributed by atoms with Crippen molar-refractivity contribution in [3.63, 3.8) is 0 Å². The molecule has 1 aliphatic carbocycles. The Morgan fingerprint density at radius 3 is 2.39 bits per heavy atom. The predicted octanol–water partition coefficient (Wildman–Crippen LogP) is 4.49. The van der Waals surface area contributed by atoms with Gasteiger partial charge in [0.2, 0.25) is 0 Å². The molecule has 1 unspecified atom stereocenters. The maximum absolute atomic E-state index is 11.7. The topological polar surface area (TPSA) is 26.3 Å². The van der Waals surface area contributed by atoms with Crippen LogP contribution in [0.4, 0.5) is 0 Å². The van der Waals surface area contributed by atoms with Crippen molar-refractivity contribution in [2.45, 2.75) is 71.3 Å². The minimum Gasteiger partial charge on any atom is -0.456 e. The van der Waals surface area contributed by atoms with Gasteiger partial charge >= 0.3 is 5.97 Å². The van der Waals surface area contributed by atoms with Gasteiger partial charge in [-0.15, -0.1) is 0 Å². The lowest BCUT2D eigenvalue weighted by molar-refractivity contribution is -0.168. The van der Waals surface area contributed by atoms with Gasteiger partial charge in [-0.3, -0.25) is 0 Å². The number of hydrogen-bond acceptors (Lipinski definition) is 2. The van der Waals surface area contributed by atoms with Crippen LogP contribution in [0.25, 0.3) is 0 Å². The molecule has 1 rings (SSSR count). The maximum Gasteiger partial charge on any atom is 0.330 e. The van der Waals surface area contributed by atoms with Gasteiger partial charge in [0.1, 0.15) is 5.60 Å². The van der Waals surface area contributed by atoms with Crippen LogP contribution in [0.5, 0.6) is 0 Å². The fourth-order valence-corrected chi connectivity index (χ4v) is 3.46. The molecule has 0 N–H and O–H groups in total. The standard InChI is InChI=1S/C16H28O2/c1-5-10-14(13(3)4)16(18-15(17)6-2)11-8-7-9-12-16/h6,13-14H,2,5,7-12H2,1,3-4H3. The Bertz CT molecular complexity index is 275. The average Bonchev–Trinajstić information content (AvgIpc) is 2.36. The van der Waals surface area contributed by atoms with Crippen molar-refractivity contribution in [1.29, 1.82) is 0 Å². The van der Waals surface area contributed by atoms with E-state index in [-0.39, 0.29) is 11.6 Å². The number of carbonyl (C=O) groups excluding carboxylic acids is 1. The van der Waals surface area contributed by atoms with Crippen molar-refractivity contribution in [2.24, 2.45) is 11.8 Å². The fraction of sp³-hybridized carbons (Fsp3) is 0.812. The highest BCUT2D eigenvalue weighted by Crippen LogP contribution is 2.43. The second-order valence-electron chi connectivity index (χ2n) is 5.89. The lowest BCUT2D eigenvalue weighted by Gasteiger charge is -2.44. The SMILES string of the molecule is C=CC(=O)OC1(C(CCC)C(C)C)CCCCC1. The van der Waals surface area contributed by atoms with Crippen molar-refractivity contribution >= 4 is 5.97 Å². The highest BCUT2D eigenvalue weighted by atomic mass is 16.6. The molecule has 1 fully saturated rings. The smallest absolute Gasteiger partial charge is 0.330 e. The van der Waals surface area contributed by atoms with Crippen LogP contribution in [-0.2, 0) is 9.53 Å². The van der Waals surface area contributed by atoms with Crippen LogP contribution in [0.3, 0.4) is 0 Å². The molecular formula is C16H28O2. The average molecular weight is 252 g/mol. The summed E-state index contributed by atoms with van der Waals surface area (Å²) in [5.41, 5.74) is -0.228. The molecular weight excluding hydrogens is 224 g/mol. The fourth-order valence-electron chi connectivity index (χ4n) is 3.46. The first-order valence-corrected chi connectivity index (χ1v) is 7.41. The quantitative estimate of drug-likeness (QED) is 0.514. The summed E-state index contributed by atoms with van der Waals surface area (Å²) in [4.78, 5) is 11.7. The van der Waals surface area contributed by atoms with Gasteiger partial charge < -0.3 is 4.74 Å². The summed E-state index contributed by atoms with van der Waals surface area (Å²) in [7, 11) is 0. The van der Waals surface area contributed by atoms with Gasteiger partial charge in [0.25, 0.3) is 0 Å². The molecule has 104 valence electrons. The van der Waals surface area contributed by atoms with Crippen LogP contribution in [0.15, 0.2) is 12.7 Å². The first-order valence-electron chi connectivity index (χ1n) is 7.41. The van der Waals surface area contributed by atoms with E-state index in [1.54, 1.807) is 0 Å². The molecule has 18 heavy (non-hydrogen) atoms.